The number of hydrogen-bond acceptors (Lipinski definition) is 4. The number of hydrogen-bond donors (Lipinski definition) is 2. The third-order valence-electron chi connectivity index (χ3n) is 2.83. The van der Waals surface area contributed by atoms with Crippen molar-refractivity contribution in [2.75, 3.05) is 6.26 Å². The fourth-order valence-corrected chi connectivity index (χ4v) is 2.56. The molecular weight excluding hydrogens is 268 g/mol. The Morgan fingerprint density at radius 2 is 2.06 bits per heavy atom. The zero-order valence-electron chi connectivity index (χ0n) is 10.2. The molecule has 1 atom stereocenters. The number of nitrogens with one attached hydrogen (secondary N) is 1. The number of hydrazine groups is 1. The van der Waals surface area contributed by atoms with E-state index in [0.717, 1.165) is 11.3 Å². The van der Waals surface area contributed by atoms with E-state index in [1.165, 1.54) is 4.90 Å². The van der Waals surface area contributed by atoms with Gasteiger partial charge in [-0.05, 0) is 24.0 Å². The fourth-order valence-electron chi connectivity index (χ4n) is 1.87. The van der Waals surface area contributed by atoms with Gasteiger partial charge in [0.2, 0.25) is 0 Å². The lowest BCUT2D eigenvalue weighted by atomic mass is 10.0. The summed E-state index contributed by atoms with van der Waals surface area (Å²) in [6.07, 6.45) is 3.67. The first-order valence-corrected chi connectivity index (χ1v) is 7.05. The molecule has 1 aromatic heterocycles. The Kier molecular flexibility index (Phi) is 4.29. The Hall–Kier alpha value is -1.01. The summed E-state index contributed by atoms with van der Waals surface area (Å²) >= 11 is 7.85. The van der Waals surface area contributed by atoms with Gasteiger partial charge in [0.1, 0.15) is 0 Å². The van der Waals surface area contributed by atoms with Gasteiger partial charge in [-0.1, -0.05) is 23.7 Å². The van der Waals surface area contributed by atoms with Crippen molar-refractivity contribution in [1.82, 2.24) is 15.2 Å². The normalized spacial score (nSPS) is 12.7. The van der Waals surface area contributed by atoms with Crippen LogP contribution in [-0.2, 0) is 7.05 Å². The molecule has 0 amide bonds. The molecule has 0 radical (unpaired) electrons. The van der Waals surface area contributed by atoms with Gasteiger partial charge in [0.05, 0.1) is 23.0 Å². The van der Waals surface area contributed by atoms with Crippen molar-refractivity contribution in [2.24, 2.45) is 12.9 Å². The van der Waals surface area contributed by atoms with Gasteiger partial charge in [-0.25, -0.2) is 5.43 Å². The van der Waals surface area contributed by atoms with Crippen molar-refractivity contribution in [2.45, 2.75) is 10.9 Å². The SMILES string of the molecule is CSc1ccc(C(NN)c2c(Cl)cnn2C)cc1. The maximum Gasteiger partial charge on any atom is 0.0893 e. The molecule has 1 aromatic carbocycles. The maximum absolute atomic E-state index is 6.14. The number of benzene rings is 1. The zero-order chi connectivity index (χ0) is 13.1. The molecule has 3 N–H and O–H groups in total. The smallest absolute Gasteiger partial charge is 0.0893 e. The second kappa shape index (κ2) is 5.75. The van der Waals surface area contributed by atoms with Crippen LogP contribution in [0.1, 0.15) is 17.3 Å². The van der Waals surface area contributed by atoms with Crippen molar-refractivity contribution in [3.8, 4) is 0 Å². The van der Waals surface area contributed by atoms with Gasteiger partial charge < -0.3 is 0 Å². The van der Waals surface area contributed by atoms with Crippen molar-refractivity contribution in [3.05, 3.63) is 46.7 Å². The van der Waals surface area contributed by atoms with Gasteiger partial charge in [-0.15, -0.1) is 11.8 Å². The minimum absolute atomic E-state index is 0.166. The molecule has 18 heavy (non-hydrogen) atoms. The molecule has 0 saturated carbocycles. The zero-order valence-corrected chi connectivity index (χ0v) is 11.8. The largest absolute Gasteiger partial charge is 0.271 e. The van der Waals surface area contributed by atoms with Gasteiger partial charge in [0.25, 0.3) is 0 Å². The number of nitrogens with two attached hydrogens (primary N) is 1. The number of aromatic nitrogens is 2. The topological polar surface area (TPSA) is 55.9 Å². The van der Waals surface area contributed by atoms with Crippen LogP contribution in [0.5, 0.6) is 0 Å². The van der Waals surface area contributed by atoms with Crippen molar-refractivity contribution in [3.63, 3.8) is 0 Å². The van der Waals surface area contributed by atoms with Gasteiger partial charge in [-0.3, -0.25) is 10.5 Å². The molecule has 4 nitrogen and oxygen atoms in total. The van der Waals surface area contributed by atoms with E-state index in [1.54, 1.807) is 22.6 Å². The molecule has 2 aromatic rings. The molecule has 0 spiro atoms. The number of halogens is 1. The minimum Gasteiger partial charge on any atom is -0.271 e. The van der Waals surface area contributed by atoms with E-state index < -0.39 is 0 Å². The van der Waals surface area contributed by atoms with Crippen LogP contribution < -0.4 is 11.3 Å². The Bertz CT molecular complexity index is 504. The number of thioether (sulfide) groups is 1. The van der Waals surface area contributed by atoms with Crippen LogP contribution >= 0.6 is 23.4 Å². The van der Waals surface area contributed by atoms with Crippen LogP contribution in [0.3, 0.4) is 0 Å². The van der Waals surface area contributed by atoms with E-state index in [1.807, 2.05) is 25.4 Å². The van der Waals surface area contributed by atoms with E-state index in [2.05, 4.69) is 22.7 Å². The second-order valence-electron chi connectivity index (χ2n) is 3.87. The highest BCUT2D eigenvalue weighted by atomic mass is 35.5. The Morgan fingerprint density at radius 1 is 1.39 bits per heavy atom. The molecule has 0 saturated heterocycles. The first-order valence-electron chi connectivity index (χ1n) is 5.45. The molecular formula is C12H15ClN4S. The third kappa shape index (κ3) is 2.54. The third-order valence-corrected chi connectivity index (χ3v) is 3.86. The summed E-state index contributed by atoms with van der Waals surface area (Å²) in [6.45, 7) is 0. The predicted octanol–water partition coefficient (Wildman–Crippen LogP) is 2.35. The van der Waals surface area contributed by atoms with E-state index >= 15 is 0 Å². The Balaban J connectivity index is 2.39. The summed E-state index contributed by atoms with van der Waals surface area (Å²) in [6, 6.07) is 8.05. The van der Waals surface area contributed by atoms with Gasteiger partial charge >= 0.3 is 0 Å². The van der Waals surface area contributed by atoms with E-state index in [9.17, 15) is 0 Å². The number of aryl methyl sites for hydroxylation is 1. The lowest BCUT2D eigenvalue weighted by Crippen LogP contribution is -2.30. The van der Waals surface area contributed by atoms with Gasteiger partial charge in [0, 0.05) is 11.9 Å². The van der Waals surface area contributed by atoms with Crippen LogP contribution in [0.4, 0.5) is 0 Å². The first-order chi connectivity index (χ1) is 8.67. The number of nitrogens with zero attached hydrogens (tertiary/aromatic N) is 2. The number of rotatable bonds is 4. The molecule has 0 aliphatic heterocycles. The van der Waals surface area contributed by atoms with Crippen LogP contribution in [0.15, 0.2) is 35.4 Å². The van der Waals surface area contributed by atoms with Crippen molar-refractivity contribution < 1.29 is 0 Å². The van der Waals surface area contributed by atoms with Gasteiger partial charge in [0.15, 0.2) is 0 Å². The van der Waals surface area contributed by atoms with Crippen molar-refractivity contribution >= 4 is 23.4 Å². The summed E-state index contributed by atoms with van der Waals surface area (Å²) < 4.78 is 1.73. The highest BCUT2D eigenvalue weighted by molar-refractivity contribution is 7.98. The summed E-state index contributed by atoms with van der Waals surface area (Å²) in [5.41, 5.74) is 4.70. The second-order valence-corrected chi connectivity index (χ2v) is 5.16. The molecule has 0 aliphatic carbocycles. The van der Waals surface area contributed by atoms with E-state index in [-0.39, 0.29) is 6.04 Å². The molecule has 1 unspecified atom stereocenters. The fraction of sp³-hybridized carbons (Fsp3) is 0.250. The van der Waals surface area contributed by atoms with Crippen LogP contribution in [0.25, 0.3) is 0 Å². The summed E-state index contributed by atoms with van der Waals surface area (Å²) in [7, 11) is 1.85. The van der Waals surface area contributed by atoms with E-state index in [4.69, 9.17) is 17.4 Å². The van der Waals surface area contributed by atoms with Crippen LogP contribution in [-0.4, -0.2) is 16.0 Å². The molecule has 0 aliphatic rings. The summed E-state index contributed by atoms with van der Waals surface area (Å²) in [5, 5.41) is 4.74. The molecule has 2 rings (SSSR count). The quantitative estimate of drug-likeness (QED) is 0.513. The molecule has 6 heteroatoms. The van der Waals surface area contributed by atoms with Crippen LogP contribution in [0.2, 0.25) is 5.02 Å². The summed E-state index contributed by atoms with van der Waals surface area (Å²) in [5.74, 6) is 5.65. The molecule has 1 heterocycles. The predicted molar refractivity (Wildman–Crippen MR) is 75.6 cm³/mol. The molecule has 0 fully saturated rings. The van der Waals surface area contributed by atoms with Gasteiger partial charge in [-0.2, -0.15) is 5.10 Å². The molecule has 96 valence electrons. The standard InChI is InChI=1S/C12H15ClN4S/c1-17-12(10(13)7-15-17)11(16-14)8-3-5-9(18-2)6-4-8/h3-7,11,16H,14H2,1-2H3. The first kappa shape index (κ1) is 13.4. The lowest BCUT2D eigenvalue weighted by molar-refractivity contribution is 0.575. The maximum atomic E-state index is 6.14. The lowest BCUT2D eigenvalue weighted by Gasteiger charge is -2.17. The Labute approximate surface area is 115 Å². The monoisotopic (exact) mass is 282 g/mol. The van der Waals surface area contributed by atoms with Crippen molar-refractivity contribution in [1.29, 1.82) is 0 Å². The highest BCUT2D eigenvalue weighted by Crippen LogP contribution is 2.28. The molecule has 0 bridgehead atoms. The average molecular weight is 283 g/mol. The average Bonchev–Trinajstić information content (AvgIpc) is 2.72. The summed E-state index contributed by atoms with van der Waals surface area (Å²) in [4.78, 5) is 1.21. The van der Waals surface area contributed by atoms with Crippen LogP contribution in [0, 0.1) is 0 Å². The highest BCUT2D eigenvalue weighted by Gasteiger charge is 2.19. The Morgan fingerprint density at radius 3 is 2.50 bits per heavy atom. The minimum atomic E-state index is -0.166. The van der Waals surface area contributed by atoms with E-state index in [0.29, 0.717) is 5.02 Å².